The molecule has 0 aliphatic heterocycles. The molecule has 0 aromatic carbocycles. The number of hydrogen-bond acceptors (Lipinski definition) is 3. The van der Waals surface area contributed by atoms with E-state index in [0.717, 1.165) is 0 Å². The molecule has 0 unspecified atom stereocenters. The molecule has 0 aromatic heterocycles. The number of carbonyl (C=O) groups is 1. The van der Waals surface area contributed by atoms with E-state index in [-0.39, 0.29) is 6.08 Å². The molecule has 0 atom stereocenters. The smallest absolute Gasteiger partial charge is 0.453 e. The second-order valence-electron chi connectivity index (χ2n) is 4.86. The fourth-order valence-electron chi connectivity index (χ4n) is 1.25. The molecule has 3 nitrogen and oxygen atoms in total. The molecule has 0 aromatic rings. The Kier molecular flexibility index (Phi) is 6.94. The Morgan fingerprint density at radius 1 is 0.690 bits per heavy atom. The minimum absolute atomic E-state index is 0.108. The molecule has 0 radical (unpaired) electrons. The number of hydrogen-bond donors (Lipinski definition) is 0. The van der Waals surface area contributed by atoms with Gasteiger partial charge >= 0.3 is 48.1 Å². The molecular weight excluding hydrogens is 465 g/mol. The van der Waals surface area contributed by atoms with Crippen LogP contribution in [-0.2, 0) is 14.3 Å². The summed E-state index contributed by atoms with van der Waals surface area (Å²) >= 11 is 0. The van der Waals surface area contributed by atoms with Gasteiger partial charge in [0.2, 0.25) is 0 Å². The monoisotopic (exact) mass is 470 g/mol. The zero-order chi connectivity index (χ0) is 23.9. The molecule has 18 heteroatoms. The molecule has 0 saturated carbocycles. The lowest BCUT2D eigenvalue weighted by Crippen LogP contribution is -2.70. The summed E-state index contributed by atoms with van der Waals surface area (Å²) in [4.78, 5) is 10.4. The van der Waals surface area contributed by atoms with Gasteiger partial charge in [0, 0.05) is 6.08 Å². The van der Waals surface area contributed by atoms with Gasteiger partial charge in [-0.05, 0) is 0 Å². The Morgan fingerprint density at radius 2 is 1.07 bits per heavy atom. The fourth-order valence-corrected chi connectivity index (χ4v) is 1.25. The Balaban J connectivity index is 6.04. The Bertz CT molecular complexity index is 621. The highest BCUT2D eigenvalue weighted by Crippen LogP contribution is 2.60. The summed E-state index contributed by atoms with van der Waals surface area (Å²) in [7, 11) is 0. The molecule has 0 saturated heterocycles. The summed E-state index contributed by atoms with van der Waals surface area (Å²) in [6, 6.07) is 0. The number of esters is 1. The van der Waals surface area contributed by atoms with Crippen LogP contribution in [0.4, 0.5) is 65.9 Å². The summed E-state index contributed by atoms with van der Waals surface area (Å²) in [6.45, 7) is -0.115. The van der Waals surface area contributed by atoms with Crippen molar-refractivity contribution in [1.82, 2.24) is 0 Å². The lowest BCUT2D eigenvalue weighted by atomic mass is 9.97. The highest BCUT2D eigenvalue weighted by atomic mass is 19.4. The minimum Gasteiger partial charge on any atom is -0.453 e. The third kappa shape index (κ3) is 4.66. The number of halogens is 15. The zero-order valence-corrected chi connectivity index (χ0v) is 12.9. The quantitative estimate of drug-likeness (QED) is 0.270. The Labute approximate surface area is 149 Å². The standard InChI is InChI=1S/C11H5F15O3/c1-2-4(27)28-3-5(12,13)29-11(25,26)9(20,21)7(16,17)6(14,15)8(18,19)10(22,23)24/h2H,1,3H2. The summed E-state index contributed by atoms with van der Waals surface area (Å²) < 4.78 is 196. The maximum Gasteiger partial charge on any atom is 0.460 e. The van der Waals surface area contributed by atoms with E-state index < -0.39 is 54.7 Å². The summed E-state index contributed by atoms with van der Waals surface area (Å²) in [5.74, 6) is -34.5. The normalized spacial score (nSPS) is 15.3. The number of ether oxygens (including phenoxy) is 2. The van der Waals surface area contributed by atoms with Crippen molar-refractivity contribution in [3.63, 3.8) is 0 Å². The van der Waals surface area contributed by atoms with Crippen molar-refractivity contribution < 1.29 is 80.1 Å². The van der Waals surface area contributed by atoms with Crippen LogP contribution in [0.2, 0.25) is 0 Å². The van der Waals surface area contributed by atoms with Crippen LogP contribution in [0.25, 0.3) is 0 Å². The minimum atomic E-state index is -8.30. The first-order chi connectivity index (χ1) is 12.4. The molecule has 0 heterocycles. The Morgan fingerprint density at radius 3 is 1.41 bits per heavy atom. The predicted molar refractivity (Wildman–Crippen MR) is 58.0 cm³/mol. The van der Waals surface area contributed by atoms with Crippen molar-refractivity contribution in [2.75, 3.05) is 6.61 Å². The van der Waals surface area contributed by atoms with E-state index in [1.807, 2.05) is 4.74 Å². The summed E-state index contributed by atoms with van der Waals surface area (Å²) in [5, 5.41) is 0. The number of rotatable bonds is 9. The van der Waals surface area contributed by atoms with Gasteiger partial charge in [0.25, 0.3) is 0 Å². The van der Waals surface area contributed by atoms with Crippen LogP contribution in [0.3, 0.4) is 0 Å². The van der Waals surface area contributed by atoms with Crippen molar-refractivity contribution in [3.05, 3.63) is 12.7 Å². The molecule has 0 rings (SSSR count). The lowest BCUT2D eigenvalue weighted by molar-refractivity contribution is -0.493. The van der Waals surface area contributed by atoms with Gasteiger partial charge in [0.05, 0.1) is 0 Å². The SMILES string of the molecule is C=CC(=O)OCC(F)(F)OC(F)(F)C(F)(F)C(F)(F)C(F)(F)C(F)(F)C(F)(F)F. The van der Waals surface area contributed by atoms with Crippen molar-refractivity contribution in [1.29, 1.82) is 0 Å². The number of carbonyl (C=O) groups excluding carboxylic acids is 1. The first kappa shape index (κ1) is 27.1. The second kappa shape index (κ2) is 7.42. The maximum absolute atomic E-state index is 13.1. The lowest BCUT2D eigenvalue weighted by Gasteiger charge is -2.39. The largest absolute Gasteiger partial charge is 0.460 e. The van der Waals surface area contributed by atoms with Gasteiger partial charge in [-0.3, -0.25) is 0 Å². The van der Waals surface area contributed by atoms with Crippen molar-refractivity contribution in [3.8, 4) is 0 Å². The van der Waals surface area contributed by atoms with E-state index in [9.17, 15) is 70.7 Å². The third-order valence-electron chi connectivity index (χ3n) is 2.73. The van der Waals surface area contributed by atoms with Gasteiger partial charge in [-0.15, -0.1) is 0 Å². The van der Waals surface area contributed by atoms with Crippen LogP contribution in [0, 0.1) is 0 Å². The predicted octanol–water partition coefficient (Wildman–Crippen LogP) is 5.02. The van der Waals surface area contributed by atoms with Gasteiger partial charge in [-0.1, -0.05) is 6.58 Å². The molecule has 0 aliphatic rings. The van der Waals surface area contributed by atoms with Crippen LogP contribution in [-0.4, -0.2) is 54.7 Å². The van der Waals surface area contributed by atoms with Crippen LogP contribution >= 0.6 is 0 Å². The fraction of sp³-hybridized carbons (Fsp3) is 0.727. The topological polar surface area (TPSA) is 35.5 Å². The first-order valence-electron chi connectivity index (χ1n) is 6.24. The van der Waals surface area contributed by atoms with E-state index >= 15 is 0 Å². The van der Waals surface area contributed by atoms with Gasteiger partial charge in [0.1, 0.15) is 0 Å². The molecule has 0 amide bonds. The van der Waals surface area contributed by atoms with E-state index in [1.165, 1.54) is 0 Å². The average Bonchev–Trinajstić information content (AvgIpc) is 2.49. The average molecular weight is 470 g/mol. The van der Waals surface area contributed by atoms with Crippen molar-refractivity contribution in [2.45, 2.75) is 42.1 Å². The molecule has 172 valence electrons. The summed E-state index contributed by atoms with van der Waals surface area (Å²) in [6.07, 6.45) is -20.8. The van der Waals surface area contributed by atoms with Gasteiger partial charge in [-0.25, -0.2) is 9.53 Å². The van der Waals surface area contributed by atoms with E-state index in [4.69, 9.17) is 0 Å². The molecule has 0 spiro atoms. The molecule has 0 fully saturated rings. The van der Waals surface area contributed by atoms with Gasteiger partial charge in [-0.2, -0.15) is 65.9 Å². The van der Waals surface area contributed by atoms with E-state index in [2.05, 4.69) is 11.3 Å². The van der Waals surface area contributed by atoms with Crippen molar-refractivity contribution in [2.24, 2.45) is 0 Å². The summed E-state index contributed by atoms with van der Waals surface area (Å²) in [5.41, 5.74) is 0. The highest BCUT2D eigenvalue weighted by molar-refractivity contribution is 5.81. The zero-order valence-electron chi connectivity index (χ0n) is 12.9. The van der Waals surface area contributed by atoms with Crippen LogP contribution in [0.1, 0.15) is 0 Å². The van der Waals surface area contributed by atoms with E-state index in [1.54, 1.807) is 0 Å². The van der Waals surface area contributed by atoms with Gasteiger partial charge in [0.15, 0.2) is 6.61 Å². The molecule has 0 bridgehead atoms. The van der Waals surface area contributed by atoms with Crippen molar-refractivity contribution >= 4 is 5.97 Å². The molecule has 0 aliphatic carbocycles. The highest BCUT2D eigenvalue weighted by Gasteiger charge is 2.91. The molecule has 0 N–H and O–H groups in total. The van der Waals surface area contributed by atoms with Gasteiger partial charge < -0.3 is 4.74 Å². The third-order valence-corrected chi connectivity index (χ3v) is 2.73. The van der Waals surface area contributed by atoms with Crippen LogP contribution in [0.5, 0.6) is 0 Å². The maximum atomic E-state index is 13.1. The van der Waals surface area contributed by atoms with Crippen LogP contribution in [0.15, 0.2) is 12.7 Å². The van der Waals surface area contributed by atoms with E-state index in [0.29, 0.717) is 0 Å². The molecule has 29 heavy (non-hydrogen) atoms. The Hall–Kier alpha value is -1.88. The second-order valence-corrected chi connectivity index (χ2v) is 4.86. The number of alkyl halides is 15. The molecular formula is C11H5F15O3. The first-order valence-corrected chi connectivity index (χ1v) is 6.24. The van der Waals surface area contributed by atoms with Crippen LogP contribution < -0.4 is 0 Å².